The zero-order valence-corrected chi connectivity index (χ0v) is 15.1. The van der Waals surface area contributed by atoms with Gasteiger partial charge in [-0.1, -0.05) is 30.3 Å². The number of nitrogen functional groups attached to an aromatic ring is 1. The van der Waals surface area contributed by atoms with Gasteiger partial charge in [0.05, 0.1) is 24.6 Å². The molecular formula is C19H24N6O2. The molecule has 2 heterocycles. The van der Waals surface area contributed by atoms with E-state index >= 15 is 0 Å². The third kappa shape index (κ3) is 3.27. The highest BCUT2D eigenvalue weighted by Crippen LogP contribution is 2.37. The van der Waals surface area contributed by atoms with Crippen molar-refractivity contribution >= 4 is 17.0 Å². The number of nitrogens with one attached hydrogen (secondary N) is 1. The maximum Gasteiger partial charge on any atom is 0.165 e. The largest absolute Gasteiger partial charge is 0.391 e. The van der Waals surface area contributed by atoms with E-state index in [1.807, 2.05) is 18.2 Å². The molecule has 0 saturated heterocycles. The minimum absolute atomic E-state index is 0.0761. The summed E-state index contributed by atoms with van der Waals surface area (Å²) in [6.45, 7) is 2.70. The average molecular weight is 368 g/mol. The molecule has 8 nitrogen and oxygen atoms in total. The summed E-state index contributed by atoms with van der Waals surface area (Å²) in [6, 6.07) is 9.80. The fourth-order valence-electron chi connectivity index (χ4n) is 3.93. The first kappa shape index (κ1) is 17.8. The molecule has 1 fully saturated rings. The zero-order chi connectivity index (χ0) is 19.0. The van der Waals surface area contributed by atoms with Crippen LogP contribution >= 0.6 is 0 Å². The van der Waals surface area contributed by atoms with E-state index in [9.17, 15) is 10.2 Å². The molecule has 4 rings (SSSR count). The fraction of sp³-hybridized carbons (Fsp3) is 0.421. The van der Waals surface area contributed by atoms with Crippen LogP contribution in [-0.2, 0) is 0 Å². The standard InChI is InChI=1S/C19H24N6O2/c1-11(12-5-3-2-4-6-12)21-8-13-7-14(26)16(17(13)27)25-10-24-15-18(20)22-9-23-19(15)25/h2-6,9-11,13-14,16-17,21,26-27H,7-8H2,1H3,(H2,20,22,23)/t11-,13+,14+,16-,17-/m1/s1. The molecule has 0 bridgehead atoms. The number of aliphatic hydroxyl groups excluding tert-OH is 2. The number of aliphatic hydroxyl groups is 2. The van der Waals surface area contributed by atoms with Crippen LogP contribution in [0.2, 0.25) is 0 Å². The van der Waals surface area contributed by atoms with Crippen molar-refractivity contribution in [3.05, 3.63) is 48.5 Å². The molecule has 8 heteroatoms. The van der Waals surface area contributed by atoms with Gasteiger partial charge >= 0.3 is 0 Å². The Morgan fingerprint density at radius 3 is 2.78 bits per heavy atom. The van der Waals surface area contributed by atoms with E-state index in [1.165, 1.54) is 11.9 Å². The molecule has 5 atom stereocenters. The number of anilines is 1. The molecule has 0 radical (unpaired) electrons. The zero-order valence-electron chi connectivity index (χ0n) is 15.1. The van der Waals surface area contributed by atoms with Gasteiger partial charge in [0.2, 0.25) is 0 Å². The van der Waals surface area contributed by atoms with E-state index in [4.69, 9.17) is 5.73 Å². The lowest BCUT2D eigenvalue weighted by molar-refractivity contribution is 0.0613. The first-order chi connectivity index (χ1) is 13.1. The van der Waals surface area contributed by atoms with Crippen LogP contribution in [0.3, 0.4) is 0 Å². The van der Waals surface area contributed by atoms with Crippen molar-refractivity contribution in [1.82, 2.24) is 24.8 Å². The van der Waals surface area contributed by atoms with Crippen molar-refractivity contribution in [3.63, 3.8) is 0 Å². The van der Waals surface area contributed by atoms with Gasteiger partial charge in [0.1, 0.15) is 11.8 Å². The Morgan fingerprint density at radius 2 is 2.00 bits per heavy atom. The lowest BCUT2D eigenvalue weighted by atomic mass is 10.0. The minimum Gasteiger partial charge on any atom is -0.391 e. The predicted octanol–water partition coefficient (Wildman–Crippen LogP) is 1.04. The van der Waals surface area contributed by atoms with Crippen LogP contribution in [0.5, 0.6) is 0 Å². The molecular weight excluding hydrogens is 344 g/mol. The van der Waals surface area contributed by atoms with E-state index in [0.717, 1.165) is 0 Å². The third-order valence-corrected chi connectivity index (χ3v) is 5.47. The maximum atomic E-state index is 10.9. The highest BCUT2D eigenvalue weighted by Gasteiger charge is 2.43. The second kappa shape index (κ2) is 7.22. The van der Waals surface area contributed by atoms with E-state index in [-0.39, 0.29) is 17.8 Å². The average Bonchev–Trinajstić information content (AvgIpc) is 3.22. The van der Waals surface area contributed by atoms with Crippen LogP contribution < -0.4 is 11.1 Å². The lowest BCUT2D eigenvalue weighted by Gasteiger charge is -2.23. The highest BCUT2D eigenvalue weighted by atomic mass is 16.3. The molecule has 2 aromatic heterocycles. The SMILES string of the molecule is C[C@@H](NC[C@@H]1C[C@H](O)[C@@H](n2cnc3c(N)ncnc32)[C@@H]1O)c1ccccc1. The first-order valence-electron chi connectivity index (χ1n) is 9.13. The number of nitrogens with zero attached hydrogens (tertiary/aromatic N) is 4. The second-order valence-corrected chi connectivity index (χ2v) is 7.17. The number of benzene rings is 1. The molecule has 142 valence electrons. The van der Waals surface area contributed by atoms with Gasteiger partial charge in [-0.2, -0.15) is 0 Å². The highest BCUT2D eigenvalue weighted by molar-refractivity contribution is 5.81. The molecule has 5 N–H and O–H groups in total. The van der Waals surface area contributed by atoms with Gasteiger partial charge in [-0.3, -0.25) is 0 Å². The van der Waals surface area contributed by atoms with Crippen molar-refractivity contribution in [2.45, 2.75) is 37.6 Å². The summed E-state index contributed by atoms with van der Waals surface area (Å²) in [6.07, 6.45) is 2.02. The normalized spacial score (nSPS) is 26.5. The third-order valence-electron chi connectivity index (χ3n) is 5.47. The molecule has 1 aliphatic carbocycles. The lowest BCUT2D eigenvalue weighted by Crippen LogP contribution is -2.33. The van der Waals surface area contributed by atoms with Gasteiger partial charge in [-0.05, 0) is 18.9 Å². The van der Waals surface area contributed by atoms with Gasteiger partial charge < -0.3 is 25.8 Å². The van der Waals surface area contributed by atoms with Gasteiger partial charge in [-0.25, -0.2) is 15.0 Å². The monoisotopic (exact) mass is 368 g/mol. The van der Waals surface area contributed by atoms with Crippen LogP contribution in [0.1, 0.15) is 31.0 Å². The van der Waals surface area contributed by atoms with Crippen molar-refractivity contribution in [2.75, 3.05) is 12.3 Å². The summed E-state index contributed by atoms with van der Waals surface area (Å²) >= 11 is 0. The molecule has 27 heavy (non-hydrogen) atoms. The Balaban J connectivity index is 1.49. The minimum atomic E-state index is -0.718. The van der Waals surface area contributed by atoms with E-state index in [2.05, 4.69) is 39.3 Å². The molecule has 1 aromatic carbocycles. The number of fused-ring (bicyclic) bond motifs is 1. The van der Waals surface area contributed by atoms with Crippen LogP contribution in [-0.4, -0.2) is 48.5 Å². The molecule has 0 spiro atoms. The van der Waals surface area contributed by atoms with Crippen LogP contribution in [0.15, 0.2) is 43.0 Å². The molecule has 3 aromatic rings. The summed E-state index contributed by atoms with van der Waals surface area (Å²) in [4.78, 5) is 12.4. The maximum absolute atomic E-state index is 10.9. The van der Waals surface area contributed by atoms with Gasteiger partial charge in [0.25, 0.3) is 0 Å². The number of nitrogens with two attached hydrogens (primary N) is 1. The first-order valence-corrected chi connectivity index (χ1v) is 9.13. The fourth-order valence-corrected chi connectivity index (χ4v) is 3.93. The van der Waals surface area contributed by atoms with Crippen LogP contribution in [0.25, 0.3) is 11.2 Å². The van der Waals surface area contributed by atoms with E-state index in [0.29, 0.717) is 24.1 Å². The van der Waals surface area contributed by atoms with Crippen LogP contribution in [0, 0.1) is 5.92 Å². The summed E-state index contributed by atoms with van der Waals surface area (Å²) in [5, 5.41) is 24.9. The predicted molar refractivity (Wildman–Crippen MR) is 102 cm³/mol. The summed E-state index contributed by atoms with van der Waals surface area (Å²) in [7, 11) is 0. The Labute approximate surface area is 157 Å². The van der Waals surface area contributed by atoms with E-state index < -0.39 is 18.2 Å². The molecule has 1 saturated carbocycles. The Morgan fingerprint density at radius 1 is 1.22 bits per heavy atom. The Bertz CT molecular complexity index is 915. The number of hydrogen-bond donors (Lipinski definition) is 4. The number of hydrogen-bond acceptors (Lipinski definition) is 7. The van der Waals surface area contributed by atoms with Crippen molar-refractivity contribution < 1.29 is 10.2 Å². The molecule has 1 aliphatic rings. The molecule has 0 amide bonds. The Hall–Kier alpha value is -2.55. The Kier molecular flexibility index (Phi) is 4.77. The van der Waals surface area contributed by atoms with Gasteiger partial charge in [0.15, 0.2) is 11.5 Å². The number of aromatic nitrogens is 4. The number of rotatable bonds is 5. The topological polar surface area (TPSA) is 122 Å². The van der Waals surface area contributed by atoms with Gasteiger partial charge in [-0.15, -0.1) is 0 Å². The smallest absolute Gasteiger partial charge is 0.165 e. The molecule has 0 aliphatic heterocycles. The van der Waals surface area contributed by atoms with E-state index in [1.54, 1.807) is 10.9 Å². The second-order valence-electron chi connectivity index (χ2n) is 7.17. The quantitative estimate of drug-likeness (QED) is 0.531. The van der Waals surface area contributed by atoms with Crippen molar-refractivity contribution in [1.29, 1.82) is 0 Å². The van der Waals surface area contributed by atoms with Gasteiger partial charge in [0, 0.05) is 18.5 Å². The summed E-state index contributed by atoms with van der Waals surface area (Å²) in [5.74, 6) is 0.212. The summed E-state index contributed by atoms with van der Waals surface area (Å²) in [5.41, 5.74) is 8.04. The van der Waals surface area contributed by atoms with Crippen molar-refractivity contribution in [3.8, 4) is 0 Å². The number of imidazole rings is 1. The van der Waals surface area contributed by atoms with Crippen molar-refractivity contribution in [2.24, 2.45) is 5.92 Å². The van der Waals surface area contributed by atoms with Crippen LogP contribution in [0.4, 0.5) is 5.82 Å². The molecule has 0 unspecified atom stereocenters. The summed E-state index contributed by atoms with van der Waals surface area (Å²) < 4.78 is 1.71.